The molecular formula is C26H38N4O6. The normalized spacial score (nSPS) is 26.5. The summed E-state index contributed by atoms with van der Waals surface area (Å²) in [5.74, 6) is 4.92. The number of hydrogen-bond acceptors (Lipinski definition) is 8. The summed E-state index contributed by atoms with van der Waals surface area (Å²) in [4.78, 5) is 43.5. The van der Waals surface area contributed by atoms with Crippen molar-refractivity contribution < 1.29 is 29.0 Å². The summed E-state index contributed by atoms with van der Waals surface area (Å²) in [6, 6.07) is 5.79. The molecule has 1 aliphatic carbocycles. The van der Waals surface area contributed by atoms with Crippen LogP contribution in [0.25, 0.3) is 0 Å². The van der Waals surface area contributed by atoms with Crippen molar-refractivity contribution in [1.82, 2.24) is 9.80 Å². The zero-order chi connectivity index (χ0) is 26.0. The van der Waals surface area contributed by atoms with Crippen LogP contribution in [-0.4, -0.2) is 69.6 Å². The summed E-state index contributed by atoms with van der Waals surface area (Å²) in [7, 11) is 0. The summed E-state index contributed by atoms with van der Waals surface area (Å²) in [6.45, 7) is 5.77. The minimum absolute atomic E-state index is 0.0918. The number of anilines is 1. The summed E-state index contributed by atoms with van der Waals surface area (Å²) < 4.78 is 11.7. The standard InChI is InChI=1S/C26H38N4O6/c1-26(2,3)36-25(34)29(18-11-5-4-6-12-18)20-16-17-10-7-8-13-19(17)30(27)23(32)22(31)28-15-9-14-21(28)35-24(20)33/h7-8,10,13,18,20-22,31H,4-6,9,11-12,14-16,27H2,1-3H3. The van der Waals surface area contributed by atoms with Gasteiger partial charge in [0.05, 0.1) is 5.69 Å². The van der Waals surface area contributed by atoms with Crippen molar-refractivity contribution in [1.29, 1.82) is 0 Å². The number of aliphatic hydroxyl groups excluding tert-OH is 1. The van der Waals surface area contributed by atoms with E-state index >= 15 is 0 Å². The van der Waals surface area contributed by atoms with Crippen LogP contribution in [-0.2, 0) is 25.5 Å². The molecular weight excluding hydrogens is 464 g/mol. The first-order valence-corrected chi connectivity index (χ1v) is 12.9. The van der Waals surface area contributed by atoms with Gasteiger partial charge in [0.15, 0.2) is 12.5 Å². The second-order valence-corrected chi connectivity index (χ2v) is 10.9. The molecule has 0 bridgehead atoms. The Hall–Kier alpha value is -2.69. The van der Waals surface area contributed by atoms with Crippen LogP contribution in [0.3, 0.4) is 0 Å². The SMILES string of the molecule is CC(C)(C)OC(=O)N(C1CCCCC1)C1Cc2ccccc2N(N)C(=O)C(O)N2CCCC2OC1=O. The van der Waals surface area contributed by atoms with Crippen molar-refractivity contribution in [2.45, 2.75) is 102 Å². The van der Waals surface area contributed by atoms with E-state index in [1.807, 2.05) is 0 Å². The van der Waals surface area contributed by atoms with E-state index in [9.17, 15) is 19.5 Å². The van der Waals surface area contributed by atoms with Gasteiger partial charge >= 0.3 is 12.1 Å². The van der Waals surface area contributed by atoms with Crippen molar-refractivity contribution >= 4 is 23.7 Å². The van der Waals surface area contributed by atoms with Crippen LogP contribution >= 0.6 is 0 Å². The van der Waals surface area contributed by atoms with Crippen molar-refractivity contribution in [2.75, 3.05) is 11.6 Å². The minimum Gasteiger partial charge on any atom is -0.445 e. The predicted molar refractivity (Wildman–Crippen MR) is 132 cm³/mol. The maximum Gasteiger partial charge on any atom is 0.411 e. The average molecular weight is 503 g/mol. The van der Waals surface area contributed by atoms with Crippen LogP contribution in [0.5, 0.6) is 0 Å². The first-order chi connectivity index (χ1) is 17.1. The fourth-order valence-electron chi connectivity index (χ4n) is 5.39. The van der Waals surface area contributed by atoms with Crippen molar-refractivity contribution in [3.05, 3.63) is 29.8 Å². The lowest BCUT2D eigenvalue weighted by Gasteiger charge is -2.40. The van der Waals surface area contributed by atoms with E-state index in [-0.39, 0.29) is 12.5 Å². The molecule has 2 amide bonds. The van der Waals surface area contributed by atoms with E-state index in [4.69, 9.17) is 15.3 Å². The largest absolute Gasteiger partial charge is 0.445 e. The van der Waals surface area contributed by atoms with Gasteiger partial charge in [0.1, 0.15) is 11.6 Å². The molecule has 1 saturated heterocycles. The molecule has 10 heteroatoms. The molecule has 2 fully saturated rings. The van der Waals surface area contributed by atoms with Crippen LogP contribution in [0.4, 0.5) is 10.5 Å². The lowest BCUT2D eigenvalue weighted by Crippen LogP contribution is -2.55. The van der Waals surface area contributed by atoms with Crippen molar-refractivity contribution in [3.63, 3.8) is 0 Å². The number of hydrazine groups is 1. The summed E-state index contributed by atoms with van der Waals surface area (Å²) in [5.41, 5.74) is 0.213. The second-order valence-electron chi connectivity index (χ2n) is 10.9. The van der Waals surface area contributed by atoms with Gasteiger partial charge in [0.25, 0.3) is 5.91 Å². The average Bonchev–Trinajstić information content (AvgIpc) is 3.29. The monoisotopic (exact) mass is 502 g/mol. The minimum atomic E-state index is -1.56. The number of nitrogens with two attached hydrogens (primary N) is 1. The van der Waals surface area contributed by atoms with Gasteiger partial charge in [0.2, 0.25) is 0 Å². The molecule has 3 unspecified atom stereocenters. The Morgan fingerprint density at radius 2 is 1.81 bits per heavy atom. The second kappa shape index (κ2) is 10.7. The fourth-order valence-corrected chi connectivity index (χ4v) is 5.39. The lowest BCUT2D eigenvalue weighted by molar-refractivity contribution is -0.175. The van der Waals surface area contributed by atoms with E-state index in [1.54, 1.807) is 49.9 Å². The van der Waals surface area contributed by atoms with Gasteiger partial charge in [-0.25, -0.2) is 25.3 Å². The Labute approximate surface area is 212 Å². The molecule has 2 aliphatic heterocycles. The highest BCUT2D eigenvalue weighted by molar-refractivity contribution is 5.96. The third kappa shape index (κ3) is 5.66. The Morgan fingerprint density at radius 1 is 1.11 bits per heavy atom. The first kappa shape index (κ1) is 26.4. The molecule has 3 aliphatic rings. The maximum absolute atomic E-state index is 13.8. The number of carbonyl (C=O) groups excluding carboxylic acids is 3. The number of esters is 1. The summed E-state index contributed by atoms with van der Waals surface area (Å²) in [5, 5.41) is 11.7. The molecule has 10 nitrogen and oxygen atoms in total. The number of nitrogens with zero attached hydrogens (tertiary/aromatic N) is 3. The molecule has 0 radical (unpaired) electrons. The smallest absolute Gasteiger partial charge is 0.411 e. The zero-order valence-electron chi connectivity index (χ0n) is 21.4. The third-order valence-electron chi connectivity index (χ3n) is 7.11. The molecule has 1 aromatic carbocycles. The molecule has 4 rings (SSSR count). The Bertz CT molecular complexity index is 973. The number of rotatable bonds is 2. The number of carbonyl (C=O) groups is 3. The van der Waals surface area contributed by atoms with Gasteiger partial charge in [-0.1, -0.05) is 37.5 Å². The van der Waals surface area contributed by atoms with E-state index < -0.39 is 42.1 Å². The van der Waals surface area contributed by atoms with Crippen molar-refractivity contribution in [2.24, 2.45) is 5.84 Å². The number of hydrogen-bond donors (Lipinski definition) is 2. The molecule has 36 heavy (non-hydrogen) atoms. The number of ether oxygens (including phenoxy) is 2. The van der Waals surface area contributed by atoms with Gasteiger partial charge < -0.3 is 14.6 Å². The number of aliphatic hydroxyl groups is 1. The molecule has 2 heterocycles. The molecule has 3 N–H and O–H groups in total. The van der Waals surface area contributed by atoms with Crippen LogP contribution in [0.15, 0.2) is 24.3 Å². The van der Waals surface area contributed by atoms with Crippen LogP contribution in [0.1, 0.15) is 71.3 Å². The Balaban J connectivity index is 1.79. The molecule has 1 aromatic rings. The molecule has 3 atom stereocenters. The summed E-state index contributed by atoms with van der Waals surface area (Å²) in [6.07, 6.45) is 2.81. The van der Waals surface area contributed by atoms with Gasteiger partial charge in [-0.15, -0.1) is 0 Å². The molecule has 0 aromatic heterocycles. The Morgan fingerprint density at radius 3 is 2.50 bits per heavy atom. The Kier molecular flexibility index (Phi) is 7.87. The van der Waals surface area contributed by atoms with E-state index in [0.717, 1.165) is 37.1 Å². The quantitative estimate of drug-likeness (QED) is 0.359. The number of fused-ring (bicyclic) bond motifs is 2. The van der Waals surface area contributed by atoms with E-state index in [1.165, 1.54) is 4.90 Å². The number of para-hydroxylation sites is 1. The highest BCUT2D eigenvalue weighted by Crippen LogP contribution is 2.32. The highest BCUT2D eigenvalue weighted by atomic mass is 16.6. The van der Waals surface area contributed by atoms with Gasteiger partial charge in [-0.05, 0) is 58.1 Å². The predicted octanol–water partition coefficient (Wildman–Crippen LogP) is 2.67. The number of amides is 2. The van der Waals surface area contributed by atoms with Crippen LogP contribution < -0.4 is 10.9 Å². The summed E-state index contributed by atoms with van der Waals surface area (Å²) >= 11 is 0. The van der Waals surface area contributed by atoms with E-state index in [0.29, 0.717) is 30.6 Å². The van der Waals surface area contributed by atoms with Gasteiger partial charge in [-0.2, -0.15) is 0 Å². The van der Waals surface area contributed by atoms with Gasteiger partial charge in [-0.3, -0.25) is 9.69 Å². The fraction of sp³-hybridized carbons (Fsp3) is 0.654. The van der Waals surface area contributed by atoms with Crippen LogP contribution in [0, 0.1) is 0 Å². The highest BCUT2D eigenvalue weighted by Gasteiger charge is 2.44. The zero-order valence-corrected chi connectivity index (χ0v) is 21.4. The van der Waals surface area contributed by atoms with E-state index in [2.05, 4.69) is 0 Å². The molecule has 1 saturated carbocycles. The van der Waals surface area contributed by atoms with Gasteiger partial charge in [0, 0.05) is 19.0 Å². The topological polar surface area (TPSA) is 126 Å². The maximum atomic E-state index is 13.8. The molecule has 198 valence electrons. The van der Waals surface area contributed by atoms with Crippen molar-refractivity contribution in [3.8, 4) is 0 Å². The van der Waals surface area contributed by atoms with Crippen LogP contribution in [0.2, 0.25) is 0 Å². The molecule has 0 spiro atoms. The lowest BCUT2D eigenvalue weighted by atomic mass is 9.92. The number of benzene rings is 1. The third-order valence-corrected chi connectivity index (χ3v) is 7.11. The first-order valence-electron chi connectivity index (χ1n) is 12.9.